The van der Waals surface area contributed by atoms with Crippen molar-refractivity contribution in [1.29, 1.82) is 0 Å². The molecule has 126 valence electrons. The highest BCUT2D eigenvalue weighted by Gasteiger charge is 2.31. The van der Waals surface area contributed by atoms with Crippen LogP contribution in [0.15, 0.2) is 18.2 Å². The van der Waals surface area contributed by atoms with E-state index in [4.69, 9.17) is 9.47 Å². The van der Waals surface area contributed by atoms with Crippen molar-refractivity contribution in [1.82, 2.24) is 4.90 Å². The quantitative estimate of drug-likeness (QED) is 0.901. The molecule has 0 amide bonds. The standard InChI is InChI=1S/C17H27NO3.ClH/c1-13-5-6-16(9-14(13)2)21-11-15(19)10-18-7-8-20-12-17(18,3)4;/h5-6,9,15,19H,7-8,10-12H2,1-4H3;1H. The molecule has 0 spiro atoms. The SMILES string of the molecule is Cc1ccc(OCC(O)CN2CCOCC2(C)C)cc1C.Cl. The summed E-state index contributed by atoms with van der Waals surface area (Å²) in [6.45, 7) is 11.6. The van der Waals surface area contributed by atoms with E-state index in [0.29, 0.717) is 19.8 Å². The van der Waals surface area contributed by atoms with Gasteiger partial charge in [0.05, 0.1) is 13.2 Å². The molecule has 1 aromatic carbocycles. The van der Waals surface area contributed by atoms with Crippen molar-refractivity contribution in [3.8, 4) is 5.75 Å². The summed E-state index contributed by atoms with van der Waals surface area (Å²) >= 11 is 0. The van der Waals surface area contributed by atoms with Gasteiger partial charge < -0.3 is 14.6 Å². The van der Waals surface area contributed by atoms with E-state index in [1.54, 1.807) is 0 Å². The normalized spacial score (nSPS) is 19.3. The fraction of sp³-hybridized carbons (Fsp3) is 0.647. The first-order chi connectivity index (χ1) is 9.88. The Kier molecular flexibility index (Phi) is 7.13. The zero-order valence-corrected chi connectivity index (χ0v) is 14.8. The monoisotopic (exact) mass is 329 g/mol. The maximum absolute atomic E-state index is 10.2. The van der Waals surface area contributed by atoms with E-state index >= 15 is 0 Å². The molecule has 1 heterocycles. The van der Waals surface area contributed by atoms with E-state index in [-0.39, 0.29) is 17.9 Å². The summed E-state index contributed by atoms with van der Waals surface area (Å²) in [6.07, 6.45) is -0.496. The fourth-order valence-electron chi connectivity index (χ4n) is 2.53. The van der Waals surface area contributed by atoms with Gasteiger partial charge in [-0.05, 0) is 51.0 Å². The Bertz CT molecular complexity index is 479. The van der Waals surface area contributed by atoms with E-state index in [1.165, 1.54) is 11.1 Å². The molecule has 5 heteroatoms. The fourth-order valence-corrected chi connectivity index (χ4v) is 2.53. The predicted octanol–water partition coefficient (Wildman–Crippen LogP) is 2.58. The molecule has 1 aromatic rings. The number of aliphatic hydroxyl groups is 1. The minimum atomic E-state index is -0.496. The van der Waals surface area contributed by atoms with Crippen molar-refractivity contribution in [2.45, 2.75) is 39.3 Å². The Morgan fingerprint density at radius 2 is 2.05 bits per heavy atom. The molecule has 0 radical (unpaired) electrons. The number of aryl methyl sites for hydroxylation is 2. The average molecular weight is 330 g/mol. The van der Waals surface area contributed by atoms with Crippen LogP contribution in [0.4, 0.5) is 0 Å². The van der Waals surface area contributed by atoms with Crippen molar-refractivity contribution < 1.29 is 14.6 Å². The van der Waals surface area contributed by atoms with Gasteiger partial charge in [0.2, 0.25) is 0 Å². The Morgan fingerprint density at radius 3 is 2.68 bits per heavy atom. The molecule has 4 nitrogen and oxygen atoms in total. The third-order valence-electron chi connectivity index (χ3n) is 4.17. The van der Waals surface area contributed by atoms with Gasteiger partial charge in [0.1, 0.15) is 18.5 Å². The van der Waals surface area contributed by atoms with Gasteiger partial charge in [-0.25, -0.2) is 0 Å². The number of halogens is 1. The Morgan fingerprint density at radius 1 is 1.32 bits per heavy atom. The van der Waals surface area contributed by atoms with Crippen LogP contribution in [0, 0.1) is 13.8 Å². The van der Waals surface area contributed by atoms with Crippen LogP contribution in [0.25, 0.3) is 0 Å². The molecule has 0 aliphatic carbocycles. The third-order valence-corrected chi connectivity index (χ3v) is 4.17. The number of ether oxygens (including phenoxy) is 2. The number of hydrogen-bond acceptors (Lipinski definition) is 4. The third kappa shape index (κ3) is 5.13. The van der Waals surface area contributed by atoms with E-state index in [9.17, 15) is 5.11 Å². The average Bonchev–Trinajstić information content (AvgIpc) is 2.42. The van der Waals surface area contributed by atoms with E-state index < -0.39 is 6.10 Å². The van der Waals surface area contributed by atoms with Crippen LogP contribution in [0.3, 0.4) is 0 Å². The predicted molar refractivity (Wildman–Crippen MR) is 91.1 cm³/mol. The summed E-state index contributed by atoms with van der Waals surface area (Å²) < 4.78 is 11.2. The molecule has 1 unspecified atom stereocenters. The Labute approximate surface area is 139 Å². The number of benzene rings is 1. The molecule has 1 aliphatic rings. The lowest BCUT2D eigenvalue weighted by molar-refractivity contribution is -0.0703. The molecule has 2 rings (SSSR count). The van der Waals surface area contributed by atoms with Crippen molar-refractivity contribution in [2.24, 2.45) is 0 Å². The number of rotatable bonds is 5. The van der Waals surface area contributed by atoms with Crippen LogP contribution in [-0.4, -0.2) is 54.6 Å². The Balaban J connectivity index is 0.00000242. The maximum Gasteiger partial charge on any atom is 0.119 e. The molecule has 0 aromatic heterocycles. The van der Waals surface area contributed by atoms with Crippen LogP contribution in [0.1, 0.15) is 25.0 Å². The molecule has 1 fully saturated rings. The van der Waals surface area contributed by atoms with Gasteiger partial charge in [-0.2, -0.15) is 0 Å². The van der Waals surface area contributed by atoms with Crippen LogP contribution < -0.4 is 4.74 Å². The highest BCUT2D eigenvalue weighted by Crippen LogP contribution is 2.20. The van der Waals surface area contributed by atoms with E-state index in [1.807, 2.05) is 18.2 Å². The molecule has 1 atom stereocenters. The van der Waals surface area contributed by atoms with Gasteiger partial charge in [0.15, 0.2) is 0 Å². The number of aliphatic hydroxyl groups excluding tert-OH is 1. The van der Waals surface area contributed by atoms with Gasteiger partial charge in [-0.3, -0.25) is 4.90 Å². The van der Waals surface area contributed by atoms with Crippen LogP contribution in [0.2, 0.25) is 0 Å². The first-order valence-corrected chi connectivity index (χ1v) is 7.59. The summed E-state index contributed by atoms with van der Waals surface area (Å²) in [6, 6.07) is 6.01. The van der Waals surface area contributed by atoms with Crippen molar-refractivity contribution in [3.05, 3.63) is 29.3 Å². The molecule has 1 aliphatic heterocycles. The van der Waals surface area contributed by atoms with Gasteiger partial charge >= 0.3 is 0 Å². The summed E-state index contributed by atoms with van der Waals surface area (Å²) in [4.78, 5) is 2.27. The van der Waals surface area contributed by atoms with Gasteiger partial charge in [-0.15, -0.1) is 12.4 Å². The smallest absolute Gasteiger partial charge is 0.119 e. The minimum absolute atomic E-state index is 0. The highest BCUT2D eigenvalue weighted by atomic mass is 35.5. The van der Waals surface area contributed by atoms with E-state index in [0.717, 1.165) is 18.9 Å². The molecular formula is C17H28ClNO3. The second-order valence-electron chi connectivity index (χ2n) is 6.52. The summed E-state index contributed by atoms with van der Waals surface area (Å²) in [5.41, 5.74) is 2.42. The van der Waals surface area contributed by atoms with Crippen molar-refractivity contribution >= 4 is 12.4 Å². The second kappa shape index (κ2) is 8.16. The zero-order valence-electron chi connectivity index (χ0n) is 14.0. The van der Waals surface area contributed by atoms with Gasteiger partial charge in [-0.1, -0.05) is 6.07 Å². The lowest BCUT2D eigenvalue weighted by atomic mass is 10.0. The summed E-state index contributed by atoms with van der Waals surface area (Å²) in [7, 11) is 0. The maximum atomic E-state index is 10.2. The number of nitrogens with zero attached hydrogens (tertiary/aromatic N) is 1. The molecule has 1 saturated heterocycles. The number of hydrogen-bond donors (Lipinski definition) is 1. The van der Waals surface area contributed by atoms with Crippen LogP contribution in [-0.2, 0) is 4.74 Å². The zero-order chi connectivity index (χ0) is 15.5. The molecule has 1 N–H and O–H groups in total. The van der Waals surface area contributed by atoms with Gasteiger partial charge in [0, 0.05) is 18.6 Å². The van der Waals surface area contributed by atoms with Crippen molar-refractivity contribution in [3.63, 3.8) is 0 Å². The summed E-state index contributed by atoms with van der Waals surface area (Å²) in [5, 5.41) is 10.2. The number of β-amino-alcohol motifs (C(OH)–C–C–N with tert-alkyl or cyclic N) is 1. The highest BCUT2D eigenvalue weighted by molar-refractivity contribution is 5.85. The van der Waals surface area contributed by atoms with E-state index in [2.05, 4.69) is 32.6 Å². The minimum Gasteiger partial charge on any atom is -0.491 e. The molecule has 0 saturated carbocycles. The summed E-state index contributed by atoms with van der Waals surface area (Å²) in [5.74, 6) is 0.818. The van der Waals surface area contributed by atoms with Gasteiger partial charge in [0.25, 0.3) is 0 Å². The molecule has 0 bridgehead atoms. The van der Waals surface area contributed by atoms with Crippen molar-refractivity contribution in [2.75, 3.05) is 32.9 Å². The molecular weight excluding hydrogens is 302 g/mol. The lowest BCUT2D eigenvalue weighted by Gasteiger charge is -2.42. The first kappa shape index (κ1) is 19.2. The van der Waals surface area contributed by atoms with Crippen LogP contribution in [0.5, 0.6) is 5.75 Å². The molecule has 22 heavy (non-hydrogen) atoms. The number of morpholine rings is 1. The topological polar surface area (TPSA) is 41.9 Å². The van der Waals surface area contributed by atoms with Crippen LogP contribution >= 0.6 is 12.4 Å². The second-order valence-corrected chi connectivity index (χ2v) is 6.52. The first-order valence-electron chi connectivity index (χ1n) is 7.59. The largest absolute Gasteiger partial charge is 0.491 e. The Hall–Kier alpha value is -0.810. The lowest BCUT2D eigenvalue weighted by Crippen LogP contribution is -2.55.